The van der Waals surface area contributed by atoms with E-state index in [0.717, 1.165) is 37.1 Å². The zero-order valence-corrected chi connectivity index (χ0v) is 9.35. The van der Waals surface area contributed by atoms with Crippen molar-refractivity contribution in [3.05, 3.63) is 34.1 Å². The van der Waals surface area contributed by atoms with Crippen molar-refractivity contribution in [3.63, 3.8) is 0 Å². The smallest absolute Gasteiger partial charge is 0.138 e. The minimum absolute atomic E-state index is 0.212. The van der Waals surface area contributed by atoms with Crippen molar-refractivity contribution >= 4 is 21.6 Å². The van der Waals surface area contributed by atoms with E-state index < -0.39 is 0 Å². The number of benzene rings is 1. The third-order valence-electron chi connectivity index (χ3n) is 2.38. The Morgan fingerprint density at radius 1 is 1.29 bits per heavy atom. The van der Waals surface area contributed by atoms with Crippen molar-refractivity contribution in [2.75, 3.05) is 6.54 Å². The van der Waals surface area contributed by atoms with E-state index in [1.807, 2.05) is 6.07 Å². The molecule has 0 saturated heterocycles. The van der Waals surface area contributed by atoms with E-state index >= 15 is 0 Å². The summed E-state index contributed by atoms with van der Waals surface area (Å²) in [5.74, 6) is -0.212. The number of rotatable bonds is 1. The summed E-state index contributed by atoms with van der Waals surface area (Å²) in [6.07, 6.45) is 3.29. The summed E-state index contributed by atoms with van der Waals surface area (Å²) in [6, 6.07) is 5.20. The first kappa shape index (κ1) is 9.84. The maximum absolute atomic E-state index is 13.2. The molecule has 3 heteroatoms. The van der Waals surface area contributed by atoms with Crippen LogP contribution in [-0.2, 0) is 0 Å². The highest BCUT2D eigenvalue weighted by Crippen LogP contribution is 2.19. The normalized spacial score (nSPS) is 16.6. The molecule has 1 aliphatic heterocycles. The van der Waals surface area contributed by atoms with Gasteiger partial charge in [0.05, 0.1) is 4.47 Å². The standard InChI is InChI=1S/C11H11BrFN/c12-9-5-4-8(7-10(9)13)11-3-1-2-6-14-11/h4-5,7H,1-3,6H2. The average Bonchev–Trinajstić information content (AvgIpc) is 2.23. The molecule has 0 amide bonds. The predicted octanol–water partition coefficient (Wildman–Crippen LogP) is 3.56. The van der Waals surface area contributed by atoms with Crippen LogP contribution in [-0.4, -0.2) is 12.3 Å². The molecule has 0 radical (unpaired) electrons. The molecular weight excluding hydrogens is 245 g/mol. The summed E-state index contributed by atoms with van der Waals surface area (Å²) in [5.41, 5.74) is 1.97. The van der Waals surface area contributed by atoms with Gasteiger partial charge in [-0.15, -0.1) is 0 Å². The van der Waals surface area contributed by atoms with Gasteiger partial charge >= 0.3 is 0 Å². The summed E-state index contributed by atoms with van der Waals surface area (Å²) in [5, 5.41) is 0. The van der Waals surface area contributed by atoms with Crippen molar-refractivity contribution in [2.45, 2.75) is 19.3 Å². The van der Waals surface area contributed by atoms with E-state index in [9.17, 15) is 4.39 Å². The third-order valence-corrected chi connectivity index (χ3v) is 3.02. The van der Waals surface area contributed by atoms with Gasteiger partial charge in [-0.05, 0) is 52.9 Å². The molecule has 2 rings (SSSR count). The maximum Gasteiger partial charge on any atom is 0.138 e. The lowest BCUT2D eigenvalue weighted by Gasteiger charge is -2.11. The van der Waals surface area contributed by atoms with Crippen LogP contribution in [0.15, 0.2) is 27.7 Å². The number of nitrogens with zero attached hydrogens (tertiary/aromatic N) is 1. The monoisotopic (exact) mass is 255 g/mol. The van der Waals surface area contributed by atoms with E-state index in [0.29, 0.717) is 4.47 Å². The van der Waals surface area contributed by atoms with Gasteiger partial charge in [-0.2, -0.15) is 0 Å². The molecular formula is C11H11BrFN. The highest BCUT2D eigenvalue weighted by atomic mass is 79.9. The molecule has 1 aromatic carbocycles. The number of hydrogen-bond acceptors (Lipinski definition) is 1. The van der Waals surface area contributed by atoms with E-state index in [4.69, 9.17) is 0 Å². The minimum atomic E-state index is -0.212. The van der Waals surface area contributed by atoms with E-state index in [1.165, 1.54) is 0 Å². The molecule has 0 saturated carbocycles. The highest BCUT2D eigenvalue weighted by molar-refractivity contribution is 9.10. The van der Waals surface area contributed by atoms with Crippen LogP contribution in [0, 0.1) is 5.82 Å². The third kappa shape index (κ3) is 2.03. The Labute approximate surface area is 91.2 Å². The molecule has 0 bridgehead atoms. The van der Waals surface area contributed by atoms with Crippen LogP contribution in [0.4, 0.5) is 4.39 Å². The first-order chi connectivity index (χ1) is 6.77. The van der Waals surface area contributed by atoms with Gasteiger partial charge < -0.3 is 0 Å². The molecule has 74 valence electrons. The fraction of sp³-hybridized carbons (Fsp3) is 0.364. The molecule has 1 aromatic rings. The maximum atomic E-state index is 13.2. The van der Waals surface area contributed by atoms with E-state index in [1.54, 1.807) is 12.1 Å². The second kappa shape index (κ2) is 4.22. The van der Waals surface area contributed by atoms with Gasteiger partial charge in [0.25, 0.3) is 0 Å². The second-order valence-corrected chi connectivity index (χ2v) is 4.27. The number of aliphatic imine (C=N–C) groups is 1. The van der Waals surface area contributed by atoms with Gasteiger partial charge in [-0.25, -0.2) is 4.39 Å². The van der Waals surface area contributed by atoms with Crippen LogP contribution in [0.25, 0.3) is 0 Å². The van der Waals surface area contributed by atoms with Crippen LogP contribution in [0.3, 0.4) is 0 Å². The lowest BCUT2D eigenvalue weighted by atomic mass is 10.0. The van der Waals surface area contributed by atoms with E-state index in [2.05, 4.69) is 20.9 Å². The van der Waals surface area contributed by atoms with Crippen LogP contribution < -0.4 is 0 Å². The summed E-state index contributed by atoms with van der Waals surface area (Å²) < 4.78 is 13.7. The first-order valence-corrected chi connectivity index (χ1v) is 5.55. The van der Waals surface area contributed by atoms with Crippen molar-refractivity contribution in [1.29, 1.82) is 0 Å². The lowest BCUT2D eigenvalue weighted by Crippen LogP contribution is -2.07. The van der Waals surface area contributed by atoms with Crippen molar-refractivity contribution in [1.82, 2.24) is 0 Å². The summed E-state index contributed by atoms with van der Waals surface area (Å²) in [4.78, 5) is 4.41. The Morgan fingerprint density at radius 3 is 2.79 bits per heavy atom. The molecule has 14 heavy (non-hydrogen) atoms. The van der Waals surface area contributed by atoms with Gasteiger partial charge in [0.15, 0.2) is 0 Å². The average molecular weight is 256 g/mol. The Bertz CT molecular complexity index is 374. The molecule has 1 heterocycles. The Morgan fingerprint density at radius 2 is 2.14 bits per heavy atom. The van der Waals surface area contributed by atoms with Gasteiger partial charge in [0, 0.05) is 12.3 Å². The van der Waals surface area contributed by atoms with Gasteiger partial charge in [-0.3, -0.25) is 4.99 Å². The molecule has 0 spiro atoms. The molecule has 0 aliphatic carbocycles. The first-order valence-electron chi connectivity index (χ1n) is 4.76. The largest absolute Gasteiger partial charge is 0.289 e. The fourth-order valence-corrected chi connectivity index (χ4v) is 1.86. The topological polar surface area (TPSA) is 12.4 Å². The second-order valence-electron chi connectivity index (χ2n) is 3.41. The molecule has 0 aromatic heterocycles. The molecule has 0 N–H and O–H groups in total. The highest BCUT2D eigenvalue weighted by Gasteiger charge is 2.09. The van der Waals surface area contributed by atoms with Gasteiger partial charge in [0.1, 0.15) is 5.82 Å². The van der Waals surface area contributed by atoms with Crippen LogP contribution in [0.5, 0.6) is 0 Å². The minimum Gasteiger partial charge on any atom is -0.289 e. The quantitative estimate of drug-likeness (QED) is 0.728. The molecule has 0 unspecified atom stereocenters. The zero-order chi connectivity index (χ0) is 9.97. The van der Waals surface area contributed by atoms with Crippen LogP contribution in [0.1, 0.15) is 24.8 Å². The Hall–Kier alpha value is -0.700. The summed E-state index contributed by atoms with van der Waals surface area (Å²) >= 11 is 3.14. The van der Waals surface area contributed by atoms with Crippen LogP contribution in [0.2, 0.25) is 0 Å². The Balaban J connectivity index is 2.32. The molecule has 1 aliphatic rings. The zero-order valence-electron chi connectivity index (χ0n) is 7.76. The van der Waals surface area contributed by atoms with Crippen LogP contribution >= 0.6 is 15.9 Å². The van der Waals surface area contributed by atoms with Gasteiger partial charge in [0.2, 0.25) is 0 Å². The van der Waals surface area contributed by atoms with Gasteiger partial charge in [-0.1, -0.05) is 6.07 Å². The van der Waals surface area contributed by atoms with E-state index in [-0.39, 0.29) is 5.82 Å². The van der Waals surface area contributed by atoms with Crippen molar-refractivity contribution in [2.24, 2.45) is 4.99 Å². The number of hydrogen-bond donors (Lipinski definition) is 0. The van der Waals surface area contributed by atoms with Crippen molar-refractivity contribution in [3.8, 4) is 0 Å². The molecule has 0 fully saturated rings. The lowest BCUT2D eigenvalue weighted by molar-refractivity contribution is 0.620. The van der Waals surface area contributed by atoms with Crippen molar-refractivity contribution < 1.29 is 4.39 Å². The fourth-order valence-electron chi connectivity index (χ4n) is 1.61. The Kier molecular flexibility index (Phi) is 2.96. The SMILES string of the molecule is Fc1cc(C2=NCCCC2)ccc1Br. The summed E-state index contributed by atoms with van der Waals surface area (Å²) in [7, 11) is 0. The summed E-state index contributed by atoms with van der Waals surface area (Å²) in [6.45, 7) is 0.882. The molecule has 1 nitrogen and oxygen atoms in total. The predicted molar refractivity (Wildman–Crippen MR) is 59.4 cm³/mol. The number of halogens is 2. The molecule has 0 atom stereocenters.